The zero-order valence-corrected chi connectivity index (χ0v) is 7.91. The van der Waals surface area contributed by atoms with Gasteiger partial charge in [-0.05, 0) is 29.8 Å². The maximum Gasteiger partial charge on any atom is 0.142 e. The van der Waals surface area contributed by atoms with Crippen LogP contribution in [-0.2, 0) is 4.79 Å². The smallest absolute Gasteiger partial charge is 0.142 e. The van der Waals surface area contributed by atoms with Crippen LogP contribution in [0, 0.1) is 0 Å². The minimum absolute atomic E-state index is 0.596. The van der Waals surface area contributed by atoms with Crippen molar-refractivity contribution in [3.8, 4) is 5.75 Å². The van der Waals surface area contributed by atoms with Crippen LogP contribution in [-0.4, -0.2) is 13.4 Å². The summed E-state index contributed by atoms with van der Waals surface area (Å²) >= 11 is 5.87. The number of hydrogen-bond donors (Lipinski definition) is 0. The number of benzene rings is 1. The Morgan fingerprint density at radius 1 is 1.46 bits per heavy atom. The Morgan fingerprint density at radius 2 is 2.23 bits per heavy atom. The molecule has 2 nitrogen and oxygen atoms in total. The fraction of sp³-hybridized carbons (Fsp3) is 0.100. The van der Waals surface area contributed by atoms with E-state index in [1.165, 1.54) is 6.08 Å². The van der Waals surface area contributed by atoms with Gasteiger partial charge in [-0.15, -0.1) is 0 Å². The van der Waals surface area contributed by atoms with E-state index >= 15 is 0 Å². The molecule has 0 radical (unpaired) electrons. The van der Waals surface area contributed by atoms with Crippen LogP contribution in [0.15, 0.2) is 24.3 Å². The molecule has 0 aromatic heterocycles. The van der Waals surface area contributed by atoms with Crippen molar-refractivity contribution in [1.82, 2.24) is 0 Å². The highest BCUT2D eigenvalue weighted by Crippen LogP contribution is 2.22. The van der Waals surface area contributed by atoms with Crippen molar-refractivity contribution in [2.75, 3.05) is 7.11 Å². The summed E-state index contributed by atoms with van der Waals surface area (Å²) in [5.74, 6) is 0.718. The normalized spacial score (nSPS) is 10.3. The van der Waals surface area contributed by atoms with Crippen molar-refractivity contribution < 1.29 is 9.53 Å². The Labute approximate surface area is 81.8 Å². The summed E-state index contributed by atoms with van der Waals surface area (Å²) in [5, 5.41) is 0.596. The third kappa shape index (κ3) is 2.60. The van der Waals surface area contributed by atoms with E-state index in [2.05, 4.69) is 0 Å². The molecule has 3 heteroatoms. The van der Waals surface area contributed by atoms with E-state index in [0.29, 0.717) is 11.3 Å². The molecule has 0 spiro atoms. The maximum absolute atomic E-state index is 10.1. The first-order valence-corrected chi connectivity index (χ1v) is 4.11. The molecule has 0 saturated carbocycles. The lowest BCUT2D eigenvalue weighted by Crippen LogP contribution is -1.83. The summed E-state index contributed by atoms with van der Waals surface area (Å²) in [6.45, 7) is 0. The van der Waals surface area contributed by atoms with Crippen molar-refractivity contribution in [3.05, 3.63) is 34.9 Å². The first kappa shape index (κ1) is 9.81. The molecule has 1 aromatic rings. The van der Waals surface area contributed by atoms with E-state index in [0.717, 1.165) is 11.3 Å². The molecular weight excluding hydrogens is 188 g/mol. The van der Waals surface area contributed by atoms with Crippen LogP contribution in [0.5, 0.6) is 5.75 Å². The molecule has 0 aliphatic heterocycles. The molecule has 13 heavy (non-hydrogen) atoms. The zero-order valence-electron chi connectivity index (χ0n) is 7.16. The molecule has 0 aliphatic carbocycles. The standard InChI is InChI=1S/C10H9ClO2/c1-13-9-4-5-10(11)8(7-9)3-2-6-12/h2-7H,1H3. The van der Waals surface area contributed by atoms with Crippen LogP contribution in [0.3, 0.4) is 0 Å². The topological polar surface area (TPSA) is 26.3 Å². The van der Waals surface area contributed by atoms with Crippen LogP contribution in [0.25, 0.3) is 6.08 Å². The van der Waals surface area contributed by atoms with Crippen molar-refractivity contribution in [3.63, 3.8) is 0 Å². The van der Waals surface area contributed by atoms with Gasteiger partial charge in [-0.3, -0.25) is 4.79 Å². The molecule has 0 fully saturated rings. The maximum atomic E-state index is 10.1. The van der Waals surface area contributed by atoms with Gasteiger partial charge in [0.1, 0.15) is 12.0 Å². The number of rotatable bonds is 3. The second-order valence-corrected chi connectivity index (χ2v) is 2.79. The molecule has 0 saturated heterocycles. The monoisotopic (exact) mass is 196 g/mol. The van der Waals surface area contributed by atoms with Crippen molar-refractivity contribution in [2.45, 2.75) is 0 Å². The lowest BCUT2D eigenvalue weighted by molar-refractivity contribution is -0.104. The van der Waals surface area contributed by atoms with Gasteiger partial charge in [-0.1, -0.05) is 17.7 Å². The number of halogens is 1. The number of carbonyl (C=O) groups is 1. The molecule has 0 unspecified atom stereocenters. The first-order chi connectivity index (χ1) is 6.27. The van der Waals surface area contributed by atoms with Crippen LogP contribution in [0.2, 0.25) is 5.02 Å². The third-order valence-corrected chi connectivity index (χ3v) is 1.90. The fourth-order valence-corrected chi connectivity index (χ4v) is 1.10. The second-order valence-electron chi connectivity index (χ2n) is 2.38. The average molecular weight is 197 g/mol. The summed E-state index contributed by atoms with van der Waals surface area (Å²) < 4.78 is 5.01. The van der Waals surface area contributed by atoms with E-state index in [1.54, 1.807) is 31.4 Å². The molecule has 0 bridgehead atoms. The van der Waals surface area contributed by atoms with E-state index in [-0.39, 0.29) is 0 Å². The minimum atomic E-state index is 0.596. The third-order valence-electron chi connectivity index (χ3n) is 1.56. The molecule has 0 aliphatic rings. The molecule has 0 atom stereocenters. The zero-order chi connectivity index (χ0) is 9.68. The van der Waals surface area contributed by atoms with E-state index < -0.39 is 0 Å². The number of allylic oxidation sites excluding steroid dienone is 1. The Morgan fingerprint density at radius 3 is 2.85 bits per heavy atom. The van der Waals surface area contributed by atoms with Crippen molar-refractivity contribution >= 4 is 24.0 Å². The number of ether oxygens (including phenoxy) is 1. The van der Waals surface area contributed by atoms with Gasteiger partial charge in [-0.25, -0.2) is 0 Å². The molecule has 0 amide bonds. The predicted molar refractivity (Wildman–Crippen MR) is 53.1 cm³/mol. The Kier molecular flexibility index (Phi) is 3.53. The lowest BCUT2D eigenvalue weighted by Gasteiger charge is -2.02. The van der Waals surface area contributed by atoms with Gasteiger partial charge in [0.15, 0.2) is 0 Å². The second kappa shape index (κ2) is 4.67. The summed E-state index contributed by atoms with van der Waals surface area (Å²) in [6.07, 6.45) is 3.73. The van der Waals surface area contributed by atoms with Gasteiger partial charge in [-0.2, -0.15) is 0 Å². The van der Waals surface area contributed by atoms with Gasteiger partial charge in [0.25, 0.3) is 0 Å². The molecule has 1 rings (SSSR count). The van der Waals surface area contributed by atoms with E-state index in [4.69, 9.17) is 16.3 Å². The van der Waals surface area contributed by atoms with Gasteiger partial charge >= 0.3 is 0 Å². The quantitative estimate of drug-likeness (QED) is 0.549. The number of hydrogen-bond acceptors (Lipinski definition) is 2. The largest absolute Gasteiger partial charge is 0.497 e. The SMILES string of the molecule is COc1ccc(Cl)c(C=CC=O)c1. The lowest BCUT2D eigenvalue weighted by atomic mass is 10.2. The summed E-state index contributed by atoms with van der Waals surface area (Å²) in [7, 11) is 1.58. The number of methoxy groups -OCH3 is 1. The van der Waals surface area contributed by atoms with Crippen LogP contribution in [0.4, 0.5) is 0 Å². The molecule has 68 valence electrons. The molecule has 1 aromatic carbocycles. The van der Waals surface area contributed by atoms with Gasteiger partial charge in [0.05, 0.1) is 7.11 Å². The average Bonchev–Trinajstić information content (AvgIpc) is 2.17. The van der Waals surface area contributed by atoms with E-state index in [9.17, 15) is 4.79 Å². The Bertz CT molecular complexity index is 332. The Balaban J connectivity index is 3.03. The Hall–Kier alpha value is -1.28. The van der Waals surface area contributed by atoms with Gasteiger partial charge in [0.2, 0.25) is 0 Å². The van der Waals surface area contributed by atoms with Crippen LogP contribution >= 0.6 is 11.6 Å². The van der Waals surface area contributed by atoms with Gasteiger partial charge < -0.3 is 4.74 Å². The minimum Gasteiger partial charge on any atom is -0.497 e. The summed E-state index contributed by atoms with van der Waals surface area (Å²) in [4.78, 5) is 10.1. The predicted octanol–water partition coefficient (Wildman–Crippen LogP) is 2.56. The highest BCUT2D eigenvalue weighted by Gasteiger charge is 1.97. The summed E-state index contributed by atoms with van der Waals surface area (Å²) in [6, 6.07) is 5.26. The van der Waals surface area contributed by atoms with Crippen LogP contribution in [0.1, 0.15) is 5.56 Å². The first-order valence-electron chi connectivity index (χ1n) is 3.73. The molecule has 0 heterocycles. The van der Waals surface area contributed by atoms with E-state index in [1.807, 2.05) is 0 Å². The number of carbonyl (C=O) groups excluding carboxylic acids is 1. The summed E-state index contributed by atoms with van der Waals surface area (Å²) in [5.41, 5.74) is 0.771. The van der Waals surface area contributed by atoms with Crippen molar-refractivity contribution in [2.24, 2.45) is 0 Å². The van der Waals surface area contributed by atoms with Crippen LogP contribution < -0.4 is 4.74 Å². The highest BCUT2D eigenvalue weighted by atomic mass is 35.5. The molecular formula is C10H9ClO2. The van der Waals surface area contributed by atoms with Gasteiger partial charge in [0, 0.05) is 5.02 Å². The molecule has 0 N–H and O–H groups in total. The van der Waals surface area contributed by atoms with Crippen molar-refractivity contribution in [1.29, 1.82) is 0 Å². The number of aldehydes is 1. The fourth-order valence-electron chi connectivity index (χ4n) is 0.919. The highest BCUT2D eigenvalue weighted by molar-refractivity contribution is 6.32.